The molecule has 0 unspecified atom stereocenters. The Balaban J connectivity index is 1.84. The van der Waals surface area contributed by atoms with Gasteiger partial charge in [-0.1, -0.05) is 6.92 Å². The number of fused-ring (bicyclic) bond motifs is 1. The number of aryl methyl sites for hydroxylation is 1. The van der Waals surface area contributed by atoms with E-state index < -0.39 is 29.1 Å². The number of aromatic nitrogens is 3. The van der Waals surface area contributed by atoms with E-state index in [-0.39, 0.29) is 17.8 Å². The molecule has 1 N–H and O–H groups in total. The molecule has 4 aromatic rings. The summed E-state index contributed by atoms with van der Waals surface area (Å²) in [5.74, 6) is 0.890. The molecule has 1 aliphatic rings. The number of aliphatic hydroxyl groups excluding tert-OH is 1. The van der Waals surface area contributed by atoms with Gasteiger partial charge in [-0.15, -0.1) is 0 Å². The average molecular weight is 541 g/mol. The lowest BCUT2D eigenvalue weighted by Gasteiger charge is -2.22. The highest BCUT2D eigenvalue weighted by Crippen LogP contribution is 2.37. The molecule has 0 amide bonds. The minimum Gasteiger partial charge on any atom is -0.497 e. The number of hydrogen-bond acceptors (Lipinski definition) is 7. The molecule has 0 aliphatic carbocycles. The molecule has 11 heteroatoms. The van der Waals surface area contributed by atoms with Crippen LogP contribution in [0.3, 0.4) is 0 Å². The van der Waals surface area contributed by atoms with Crippen LogP contribution in [0.25, 0.3) is 27.8 Å². The minimum atomic E-state index is -4.76. The lowest BCUT2D eigenvalue weighted by molar-refractivity contribution is -0.137. The standard InChI is InChI=1S/C28H27F3N4O4/c1-4-17-5-7-22-25(16-11-20(38-2)14-21(12-16)39-3)33-35(27(37)26(22)32-17)24-13-18(34-10-9-19(36)15-34)6-8-23(24)28(29,30)31/h5-8,11-14,19,36H,4,9-10,15H2,1-3H3/t19-/m0/s1. The average Bonchev–Trinajstić information content (AvgIpc) is 3.38. The second-order valence-electron chi connectivity index (χ2n) is 9.31. The number of alkyl halides is 3. The highest BCUT2D eigenvalue weighted by molar-refractivity contribution is 5.92. The van der Waals surface area contributed by atoms with E-state index in [1.165, 1.54) is 26.4 Å². The van der Waals surface area contributed by atoms with E-state index in [0.29, 0.717) is 53.2 Å². The lowest BCUT2D eigenvalue weighted by atomic mass is 10.1. The third-order valence-corrected chi connectivity index (χ3v) is 6.83. The summed E-state index contributed by atoms with van der Waals surface area (Å²) >= 11 is 0. The summed E-state index contributed by atoms with van der Waals surface area (Å²) in [5.41, 5.74) is -0.436. The van der Waals surface area contributed by atoms with Gasteiger partial charge < -0.3 is 19.5 Å². The van der Waals surface area contributed by atoms with E-state index in [0.717, 1.165) is 10.7 Å². The highest BCUT2D eigenvalue weighted by Gasteiger charge is 2.36. The van der Waals surface area contributed by atoms with Crippen LogP contribution in [0.2, 0.25) is 0 Å². The summed E-state index contributed by atoms with van der Waals surface area (Å²) in [6.07, 6.45) is -4.31. The Morgan fingerprint density at radius 3 is 2.36 bits per heavy atom. The van der Waals surface area contributed by atoms with Crippen molar-refractivity contribution in [2.75, 3.05) is 32.2 Å². The number of rotatable bonds is 6. The van der Waals surface area contributed by atoms with Crippen molar-refractivity contribution >= 4 is 16.6 Å². The summed E-state index contributed by atoms with van der Waals surface area (Å²) in [6.45, 7) is 2.63. The summed E-state index contributed by atoms with van der Waals surface area (Å²) in [7, 11) is 2.97. The summed E-state index contributed by atoms with van der Waals surface area (Å²) in [4.78, 5) is 20.0. The molecule has 1 atom stereocenters. The Hall–Kier alpha value is -4.12. The molecule has 1 aliphatic heterocycles. The first-order valence-corrected chi connectivity index (χ1v) is 12.4. The molecule has 0 radical (unpaired) electrons. The molecule has 3 heterocycles. The van der Waals surface area contributed by atoms with Crippen LogP contribution >= 0.6 is 0 Å². The van der Waals surface area contributed by atoms with Crippen LogP contribution in [0, 0.1) is 0 Å². The van der Waals surface area contributed by atoms with Crippen molar-refractivity contribution in [3.63, 3.8) is 0 Å². The van der Waals surface area contributed by atoms with Gasteiger partial charge in [0.15, 0.2) is 0 Å². The third kappa shape index (κ3) is 5.01. The number of benzene rings is 2. The smallest absolute Gasteiger partial charge is 0.418 e. The normalized spacial score (nSPS) is 15.7. The van der Waals surface area contributed by atoms with E-state index in [1.54, 1.807) is 35.2 Å². The van der Waals surface area contributed by atoms with E-state index in [9.17, 15) is 23.1 Å². The van der Waals surface area contributed by atoms with Gasteiger partial charge in [0.2, 0.25) is 0 Å². The molecule has 1 saturated heterocycles. The molecule has 39 heavy (non-hydrogen) atoms. The summed E-state index contributed by atoms with van der Waals surface area (Å²) < 4.78 is 54.3. The fourth-order valence-electron chi connectivity index (χ4n) is 4.78. The molecule has 0 spiro atoms. The van der Waals surface area contributed by atoms with Gasteiger partial charge >= 0.3 is 6.18 Å². The number of anilines is 1. The molecular weight excluding hydrogens is 513 g/mol. The second kappa shape index (κ2) is 10.2. The second-order valence-corrected chi connectivity index (χ2v) is 9.31. The van der Waals surface area contributed by atoms with E-state index in [4.69, 9.17) is 9.47 Å². The monoisotopic (exact) mass is 540 g/mol. The maximum atomic E-state index is 14.2. The first kappa shape index (κ1) is 26.5. The SMILES string of the molecule is CCc1ccc2c(-c3cc(OC)cc(OC)c3)nn(-c3cc(N4CC[C@H](O)C4)ccc3C(F)(F)F)c(=O)c2n1. The zero-order chi connectivity index (χ0) is 27.9. The van der Waals surface area contributed by atoms with Gasteiger partial charge in [-0.3, -0.25) is 4.79 Å². The van der Waals surface area contributed by atoms with Crippen LogP contribution in [0.1, 0.15) is 24.6 Å². The number of halogens is 3. The topological polar surface area (TPSA) is 89.7 Å². The molecule has 8 nitrogen and oxygen atoms in total. The molecular formula is C28H27F3N4O4. The van der Waals surface area contributed by atoms with Gasteiger partial charge in [-0.2, -0.15) is 23.0 Å². The van der Waals surface area contributed by atoms with Crippen LogP contribution in [0.4, 0.5) is 18.9 Å². The van der Waals surface area contributed by atoms with Crippen molar-refractivity contribution in [2.45, 2.75) is 32.0 Å². The number of aliphatic hydroxyl groups is 1. The molecule has 0 bridgehead atoms. The number of hydrogen-bond donors (Lipinski definition) is 1. The first-order chi connectivity index (χ1) is 18.6. The minimum absolute atomic E-state index is 0.00346. The number of methoxy groups -OCH3 is 2. The predicted molar refractivity (Wildman–Crippen MR) is 141 cm³/mol. The molecule has 0 saturated carbocycles. The van der Waals surface area contributed by atoms with Gasteiger partial charge in [-0.05, 0) is 55.3 Å². The third-order valence-electron chi connectivity index (χ3n) is 6.83. The van der Waals surface area contributed by atoms with Crippen molar-refractivity contribution < 1.29 is 27.8 Å². The fourth-order valence-corrected chi connectivity index (χ4v) is 4.78. The zero-order valence-corrected chi connectivity index (χ0v) is 21.6. The summed E-state index contributed by atoms with van der Waals surface area (Å²) in [5, 5.41) is 14.8. The Kier molecular flexibility index (Phi) is 6.94. The number of pyridine rings is 1. The number of nitrogens with zero attached hydrogens (tertiary/aromatic N) is 4. The van der Waals surface area contributed by atoms with E-state index in [1.807, 2.05) is 6.92 Å². The van der Waals surface area contributed by atoms with Gasteiger partial charge in [-0.25, -0.2) is 4.98 Å². The van der Waals surface area contributed by atoms with Gasteiger partial charge in [0.25, 0.3) is 5.56 Å². The van der Waals surface area contributed by atoms with Crippen molar-refractivity contribution in [3.05, 3.63) is 70.1 Å². The molecule has 204 valence electrons. The van der Waals surface area contributed by atoms with Crippen molar-refractivity contribution in [3.8, 4) is 28.4 Å². The van der Waals surface area contributed by atoms with Crippen LogP contribution in [0.15, 0.2) is 53.3 Å². The predicted octanol–water partition coefficient (Wildman–Crippen LogP) is 4.62. The number of β-amino-alcohol motifs (C(OH)–C–C–N with tert-alkyl or cyclic N) is 1. The maximum absolute atomic E-state index is 14.2. The van der Waals surface area contributed by atoms with E-state index >= 15 is 0 Å². The van der Waals surface area contributed by atoms with E-state index in [2.05, 4.69) is 10.1 Å². The fraction of sp³-hybridized carbons (Fsp3) is 0.321. The van der Waals surface area contributed by atoms with Crippen molar-refractivity contribution in [1.82, 2.24) is 14.8 Å². The lowest BCUT2D eigenvalue weighted by Crippen LogP contribution is -2.27. The van der Waals surface area contributed by atoms with Gasteiger partial charge in [0.05, 0.1) is 31.6 Å². The molecule has 5 rings (SSSR count). The van der Waals surface area contributed by atoms with Crippen LogP contribution in [-0.4, -0.2) is 53.3 Å². The van der Waals surface area contributed by atoms with Crippen molar-refractivity contribution in [1.29, 1.82) is 0 Å². The maximum Gasteiger partial charge on any atom is 0.418 e. The Morgan fingerprint density at radius 2 is 1.77 bits per heavy atom. The Bertz CT molecular complexity index is 1580. The Morgan fingerprint density at radius 1 is 1.05 bits per heavy atom. The van der Waals surface area contributed by atoms with Gasteiger partial charge in [0, 0.05) is 41.5 Å². The quantitative estimate of drug-likeness (QED) is 0.382. The largest absolute Gasteiger partial charge is 0.497 e. The van der Waals surface area contributed by atoms with Crippen LogP contribution in [-0.2, 0) is 12.6 Å². The zero-order valence-electron chi connectivity index (χ0n) is 21.6. The van der Waals surface area contributed by atoms with Crippen molar-refractivity contribution in [2.24, 2.45) is 0 Å². The van der Waals surface area contributed by atoms with Crippen LogP contribution in [0.5, 0.6) is 11.5 Å². The highest BCUT2D eigenvalue weighted by atomic mass is 19.4. The summed E-state index contributed by atoms with van der Waals surface area (Å²) in [6, 6.07) is 12.0. The molecule has 2 aromatic carbocycles. The molecule has 2 aromatic heterocycles. The molecule has 1 fully saturated rings. The number of ether oxygens (including phenoxy) is 2. The Labute approximate surface area is 222 Å². The van der Waals surface area contributed by atoms with Gasteiger partial charge in [0.1, 0.15) is 22.7 Å². The van der Waals surface area contributed by atoms with Crippen LogP contribution < -0.4 is 19.9 Å². The first-order valence-electron chi connectivity index (χ1n) is 12.4.